The van der Waals surface area contributed by atoms with Gasteiger partial charge in [-0.25, -0.2) is 13.8 Å². The summed E-state index contributed by atoms with van der Waals surface area (Å²) in [5.41, 5.74) is 8.18. The molecule has 178 valence electrons. The number of nitrogens with two attached hydrogens (primary N) is 1. The molecule has 0 radical (unpaired) electrons. The van der Waals surface area contributed by atoms with Gasteiger partial charge < -0.3 is 20.1 Å². The fourth-order valence-corrected chi connectivity index (χ4v) is 4.71. The van der Waals surface area contributed by atoms with Gasteiger partial charge in [0.15, 0.2) is 17.3 Å². The molecule has 2 aliphatic rings. The molecule has 2 aliphatic heterocycles. The molecule has 1 atom stereocenters. The second kappa shape index (κ2) is 9.10. The van der Waals surface area contributed by atoms with Crippen LogP contribution in [0.4, 0.5) is 8.78 Å². The molecule has 1 unspecified atom stereocenters. The van der Waals surface area contributed by atoms with E-state index in [2.05, 4.69) is 27.3 Å². The molecule has 3 heterocycles. The third-order valence-electron chi connectivity index (χ3n) is 6.72. The molecule has 1 fully saturated rings. The number of aromatic amines is 1. The first-order chi connectivity index (χ1) is 16.4. The predicted octanol–water partition coefficient (Wildman–Crippen LogP) is 4.02. The molecular formula is C26H30F2N6. The van der Waals surface area contributed by atoms with Crippen molar-refractivity contribution in [2.75, 3.05) is 26.7 Å². The van der Waals surface area contributed by atoms with Crippen molar-refractivity contribution < 1.29 is 8.78 Å². The van der Waals surface area contributed by atoms with E-state index in [1.807, 2.05) is 36.4 Å². The number of hydrogen-bond donors (Lipinski definition) is 3. The number of nitrogens with zero attached hydrogens (tertiary/aromatic N) is 3. The van der Waals surface area contributed by atoms with E-state index in [4.69, 9.17) is 10.7 Å². The van der Waals surface area contributed by atoms with Crippen molar-refractivity contribution in [2.45, 2.75) is 31.3 Å². The topological polar surface area (TPSA) is 72.7 Å². The maximum Gasteiger partial charge on any atom is 0.201 e. The number of benzene rings is 2. The third kappa shape index (κ3) is 4.37. The van der Waals surface area contributed by atoms with Gasteiger partial charge in [-0.15, -0.1) is 0 Å². The summed E-state index contributed by atoms with van der Waals surface area (Å²) in [6, 6.07) is 12.0. The molecule has 1 saturated heterocycles. The maximum atomic E-state index is 14.1. The molecule has 6 nitrogen and oxygen atoms in total. The van der Waals surface area contributed by atoms with Gasteiger partial charge in [0.2, 0.25) is 5.96 Å². The minimum atomic E-state index is -1.31. The first-order valence-electron chi connectivity index (χ1n) is 11.8. The minimum Gasteiger partial charge on any atom is -0.361 e. The van der Waals surface area contributed by atoms with Gasteiger partial charge in [-0.2, -0.15) is 0 Å². The largest absolute Gasteiger partial charge is 0.361 e. The first-order valence-corrected chi connectivity index (χ1v) is 11.8. The monoisotopic (exact) mass is 464 g/mol. The predicted molar refractivity (Wildman–Crippen MR) is 131 cm³/mol. The first kappa shape index (κ1) is 22.4. The molecule has 0 spiro atoms. The average molecular weight is 465 g/mol. The number of aliphatic imine (C=N–C) groups is 1. The van der Waals surface area contributed by atoms with Gasteiger partial charge >= 0.3 is 0 Å². The zero-order chi connectivity index (χ0) is 23.7. The van der Waals surface area contributed by atoms with Crippen molar-refractivity contribution in [3.63, 3.8) is 0 Å². The molecule has 8 heteroatoms. The summed E-state index contributed by atoms with van der Waals surface area (Å²) in [5, 5.41) is 4.66. The Bertz CT molecular complexity index is 1240. The van der Waals surface area contributed by atoms with Crippen LogP contribution in [-0.4, -0.2) is 47.4 Å². The summed E-state index contributed by atoms with van der Waals surface area (Å²) in [4.78, 5) is 12.4. The van der Waals surface area contributed by atoms with Crippen molar-refractivity contribution in [2.24, 2.45) is 10.7 Å². The van der Waals surface area contributed by atoms with Crippen molar-refractivity contribution in [3.8, 4) is 0 Å². The lowest BCUT2D eigenvalue weighted by Crippen LogP contribution is -2.51. The molecule has 0 saturated carbocycles. The lowest BCUT2D eigenvalue weighted by molar-refractivity contribution is 0.265. The Morgan fingerprint density at radius 2 is 1.88 bits per heavy atom. The number of halogens is 2. The Morgan fingerprint density at radius 1 is 1.09 bits per heavy atom. The van der Waals surface area contributed by atoms with Gasteiger partial charge in [0, 0.05) is 55.4 Å². The quantitative estimate of drug-likeness (QED) is 0.533. The van der Waals surface area contributed by atoms with Crippen molar-refractivity contribution in [1.29, 1.82) is 0 Å². The van der Waals surface area contributed by atoms with E-state index in [1.165, 1.54) is 23.4 Å². The Morgan fingerprint density at radius 3 is 2.68 bits per heavy atom. The summed E-state index contributed by atoms with van der Waals surface area (Å²) in [6.07, 6.45) is 8.08. The molecule has 0 bridgehead atoms. The zero-order valence-electron chi connectivity index (χ0n) is 19.3. The van der Waals surface area contributed by atoms with Crippen LogP contribution in [0.15, 0.2) is 65.6 Å². The van der Waals surface area contributed by atoms with Gasteiger partial charge in [-0.1, -0.05) is 24.3 Å². The smallest absolute Gasteiger partial charge is 0.201 e. The van der Waals surface area contributed by atoms with E-state index in [9.17, 15) is 8.78 Å². The zero-order valence-corrected chi connectivity index (χ0v) is 19.3. The Kier molecular flexibility index (Phi) is 6.00. The highest BCUT2D eigenvalue weighted by Gasteiger charge is 2.33. The fraction of sp³-hybridized carbons (Fsp3) is 0.346. The standard InChI is InChI=1S/C26H30F2N6/c1-33(14-11-18-17-30-23-8-4-3-7-20(18)23)25-31-24(34-12-5-2-6-13-34)16-26(29,32-25)19-9-10-21(27)22(28)15-19/h3-4,7-10,15-17,30H,2,5-6,11-14,29H2,1H3,(H,31,32). The highest BCUT2D eigenvalue weighted by Crippen LogP contribution is 2.29. The number of fused-ring (bicyclic) bond motifs is 1. The molecule has 2 aromatic carbocycles. The van der Waals surface area contributed by atoms with E-state index >= 15 is 0 Å². The normalized spacial score (nSPS) is 20.6. The Balaban J connectivity index is 1.42. The molecule has 5 rings (SSSR count). The molecule has 1 aromatic heterocycles. The summed E-state index contributed by atoms with van der Waals surface area (Å²) in [5.74, 6) is -0.370. The van der Waals surface area contributed by atoms with Gasteiger partial charge in [-0.3, -0.25) is 5.73 Å². The highest BCUT2D eigenvalue weighted by atomic mass is 19.2. The summed E-state index contributed by atoms with van der Waals surface area (Å²) >= 11 is 0. The number of nitrogens with one attached hydrogen (secondary N) is 2. The number of hydrogen-bond acceptors (Lipinski definition) is 5. The van der Waals surface area contributed by atoms with E-state index < -0.39 is 17.3 Å². The van der Waals surface area contributed by atoms with Crippen LogP contribution in [-0.2, 0) is 12.1 Å². The third-order valence-corrected chi connectivity index (χ3v) is 6.72. The lowest BCUT2D eigenvalue weighted by Gasteiger charge is -2.39. The van der Waals surface area contributed by atoms with Crippen LogP contribution < -0.4 is 11.1 Å². The summed E-state index contributed by atoms with van der Waals surface area (Å²) in [6.45, 7) is 2.53. The van der Waals surface area contributed by atoms with Crippen LogP contribution in [0.3, 0.4) is 0 Å². The van der Waals surface area contributed by atoms with Crippen molar-refractivity contribution in [1.82, 2.24) is 20.1 Å². The molecule has 0 amide bonds. The van der Waals surface area contributed by atoms with E-state index in [-0.39, 0.29) is 0 Å². The molecule has 4 N–H and O–H groups in total. The molecular weight excluding hydrogens is 434 g/mol. The number of para-hydroxylation sites is 1. The number of piperidine rings is 1. The van der Waals surface area contributed by atoms with Crippen LogP contribution in [0.5, 0.6) is 0 Å². The van der Waals surface area contributed by atoms with Crippen molar-refractivity contribution >= 4 is 16.9 Å². The molecule has 34 heavy (non-hydrogen) atoms. The number of likely N-dealkylation sites (tertiary alicyclic amines) is 1. The maximum absolute atomic E-state index is 14.1. The average Bonchev–Trinajstić information content (AvgIpc) is 3.27. The highest BCUT2D eigenvalue weighted by molar-refractivity contribution is 5.84. The van der Waals surface area contributed by atoms with Gasteiger partial charge in [0.05, 0.1) is 0 Å². The van der Waals surface area contributed by atoms with Crippen molar-refractivity contribution in [3.05, 3.63) is 83.3 Å². The molecule has 3 aromatic rings. The number of guanidine groups is 1. The number of H-pyrrole nitrogens is 1. The van der Waals surface area contributed by atoms with E-state index in [0.717, 1.165) is 55.8 Å². The van der Waals surface area contributed by atoms with Gasteiger partial charge in [-0.05, 0) is 49.4 Å². The Labute approximate surface area is 198 Å². The SMILES string of the molecule is CN(CCc1c[nH]c2ccccc12)C1=NC(N)(c2ccc(F)c(F)c2)C=C(N2CCCCC2)N1. The van der Waals surface area contributed by atoms with Crippen LogP contribution in [0.1, 0.15) is 30.4 Å². The Hall–Kier alpha value is -3.39. The van der Waals surface area contributed by atoms with E-state index in [0.29, 0.717) is 18.1 Å². The summed E-state index contributed by atoms with van der Waals surface area (Å²) < 4.78 is 27.7. The van der Waals surface area contributed by atoms with E-state index in [1.54, 1.807) is 0 Å². The number of rotatable bonds is 5. The van der Waals surface area contributed by atoms with Gasteiger partial charge in [0.1, 0.15) is 5.82 Å². The lowest BCUT2D eigenvalue weighted by atomic mass is 9.98. The van der Waals surface area contributed by atoms with Crippen LogP contribution in [0.25, 0.3) is 10.9 Å². The summed E-state index contributed by atoms with van der Waals surface area (Å²) in [7, 11) is 1.96. The van der Waals surface area contributed by atoms with Gasteiger partial charge in [0.25, 0.3) is 0 Å². The number of aromatic nitrogens is 1. The van der Waals surface area contributed by atoms with Crippen LogP contribution in [0.2, 0.25) is 0 Å². The second-order valence-electron chi connectivity index (χ2n) is 9.12. The number of likely N-dealkylation sites (N-methyl/N-ethyl adjacent to an activating group) is 1. The van der Waals surface area contributed by atoms with Crippen LogP contribution >= 0.6 is 0 Å². The fourth-order valence-electron chi connectivity index (χ4n) is 4.71. The minimum absolute atomic E-state index is 0.407. The second-order valence-corrected chi connectivity index (χ2v) is 9.12. The van der Waals surface area contributed by atoms with Crippen LogP contribution in [0, 0.1) is 11.6 Å². The molecule has 0 aliphatic carbocycles.